The highest BCUT2D eigenvalue weighted by Gasteiger charge is 2.32. The first-order valence-corrected chi connectivity index (χ1v) is 12.8. The number of carbonyl (C=O) groups is 1. The lowest BCUT2D eigenvalue weighted by Gasteiger charge is -2.40. The monoisotopic (exact) mass is 467 g/mol. The van der Waals surface area contributed by atoms with Gasteiger partial charge in [-0.05, 0) is 68.1 Å². The van der Waals surface area contributed by atoms with E-state index in [1.807, 2.05) is 6.07 Å². The zero-order chi connectivity index (χ0) is 23.9. The molecule has 0 bridgehead atoms. The molecule has 0 saturated carbocycles. The van der Waals surface area contributed by atoms with Crippen LogP contribution in [0.5, 0.6) is 0 Å². The molecule has 6 nitrogen and oxygen atoms in total. The Hall–Kier alpha value is -3.54. The van der Waals surface area contributed by atoms with Gasteiger partial charge in [0.15, 0.2) is 5.82 Å². The average molecular weight is 468 g/mol. The number of aromatic nitrogens is 2. The number of rotatable bonds is 3. The number of aryl methyl sites for hydroxylation is 1. The van der Waals surface area contributed by atoms with Gasteiger partial charge in [-0.3, -0.25) is 4.79 Å². The van der Waals surface area contributed by atoms with E-state index in [4.69, 9.17) is 4.98 Å². The molecular weight excluding hydrogens is 434 g/mol. The summed E-state index contributed by atoms with van der Waals surface area (Å²) in [6.07, 6.45) is 4.07. The molecule has 2 aliphatic rings. The van der Waals surface area contributed by atoms with Crippen molar-refractivity contribution in [2.75, 3.05) is 49.1 Å². The SMILES string of the molecule is Cc1cccc(N2CCN(C(=O)C3CCCN(c4nc5ccccc5n5cccc45)C3)CC2)c1C. The molecule has 4 aromatic rings. The minimum absolute atomic E-state index is 0.0271. The average Bonchev–Trinajstić information content (AvgIpc) is 3.40. The number of nitrogens with zero attached hydrogens (tertiary/aromatic N) is 5. The van der Waals surface area contributed by atoms with Crippen molar-refractivity contribution in [2.24, 2.45) is 5.92 Å². The van der Waals surface area contributed by atoms with E-state index >= 15 is 0 Å². The molecule has 180 valence electrons. The number of para-hydroxylation sites is 2. The number of piperazine rings is 1. The first kappa shape index (κ1) is 22.0. The predicted octanol–water partition coefficient (Wildman–Crippen LogP) is 4.67. The molecule has 4 heterocycles. The van der Waals surface area contributed by atoms with Gasteiger partial charge in [-0.1, -0.05) is 24.3 Å². The summed E-state index contributed by atoms with van der Waals surface area (Å²) in [5.74, 6) is 1.33. The second-order valence-electron chi connectivity index (χ2n) is 10.0. The molecule has 1 amide bonds. The molecule has 0 N–H and O–H groups in total. The summed E-state index contributed by atoms with van der Waals surface area (Å²) < 4.78 is 2.22. The van der Waals surface area contributed by atoms with Crippen molar-refractivity contribution in [2.45, 2.75) is 26.7 Å². The molecule has 2 aliphatic heterocycles. The van der Waals surface area contributed by atoms with Gasteiger partial charge in [0.25, 0.3) is 0 Å². The summed E-state index contributed by atoms with van der Waals surface area (Å²) in [5, 5.41) is 0. The lowest BCUT2D eigenvalue weighted by molar-refractivity contribution is -0.136. The quantitative estimate of drug-likeness (QED) is 0.439. The molecule has 0 aliphatic carbocycles. The van der Waals surface area contributed by atoms with Crippen LogP contribution in [0.1, 0.15) is 24.0 Å². The van der Waals surface area contributed by atoms with Gasteiger partial charge in [-0.2, -0.15) is 0 Å². The largest absolute Gasteiger partial charge is 0.368 e. The highest BCUT2D eigenvalue weighted by atomic mass is 16.2. The van der Waals surface area contributed by atoms with Crippen molar-refractivity contribution in [1.82, 2.24) is 14.3 Å². The van der Waals surface area contributed by atoms with E-state index in [-0.39, 0.29) is 5.92 Å². The van der Waals surface area contributed by atoms with Crippen LogP contribution in [0.4, 0.5) is 11.5 Å². The third-order valence-electron chi connectivity index (χ3n) is 7.92. The van der Waals surface area contributed by atoms with Gasteiger partial charge in [0, 0.05) is 51.2 Å². The number of hydrogen-bond donors (Lipinski definition) is 0. The van der Waals surface area contributed by atoms with Crippen molar-refractivity contribution in [1.29, 1.82) is 0 Å². The highest BCUT2D eigenvalue weighted by molar-refractivity contribution is 5.86. The smallest absolute Gasteiger partial charge is 0.227 e. The minimum atomic E-state index is 0.0271. The molecule has 2 fully saturated rings. The van der Waals surface area contributed by atoms with Crippen LogP contribution in [0.15, 0.2) is 60.8 Å². The summed E-state index contributed by atoms with van der Waals surface area (Å²) in [5.41, 5.74) is 7.18. The van der Waals surface area contributed by atoms with Crippen LogP contribution in [0, 0.1) is 19.8 Å². The number of hydrogen-bond acceptors (Lipinski definition) is 4. The molecule has 1 unspecified atom stereocenters. The molecule has 35 heavy (non-hydrogen) atoms. The lowest BCUT2D eigenvalue weighted by Crippen LogP contribution is -2.52. The fourth-order valence-corrected chi connectivity index (χ4v) is 5.81. The fourth-order valence-electron chi connectivity index (χ4n) is 5.81. The number of anilines is 2. The van der Waals surface area contributed by atoms with E-state index in [2.05, 4.69) is 87.7 Å². The molecular formula is C29H33N5O. The van der Waals surface area contributed by atoms with Crippen molar-refractivity contribution >= 4 is 34.0 Å². The zero-order valence-electron chi connectivity index (χ0n) is 20.7. The summed E-state index contributed by atoms with van der Waals surface area (Å²) in [4.78, 5) is 25.5. The first-order valence-electron chi connectivity index (χ1n) is 12.8. The highest BCUT2D eigenvalue weighted by Crippen LogP contribution is 2.30. The van der Waals surface area contributed by atoms with Crippen LogP contribution < -0.4 is 9.80 Å². The van der Waals surface area contributed by atoms with Gasteiger partial charge in [-0.15, -0.1) is 0 Å². The Balaban J connectivity index is 1.18. The van der Waals surface area contributed by atoms with E-state index in [0.717, 1.165) is 74.5 Å². The maximum Gasteiger partial charge on any atom is 0.227 e. The maximum atomic E-state index is 13.6. The molecule has 1 atom stereocenters. The van der Waals surface area contributed by atoms with E-state index in [9.17, 15) is 4.79 Å². The summed E-state index contributed by atoms with van der Waals surface area (Å²) >= 11 is 0. The zero-order valence-corrected chi connectivity index (χ0v) is 20.7. The Morgan fingerprint density at radius 1 is 0.857 bits per heavy atom. The molecule has 2 saturated heterocycles. The van der Waals surface area contributed by atoms with Crippen LogP contribution in [-0.4, -0.2) is 59.5 Å². The van der Waals surface area contributed by atoms with E-state index in [1.165, 1.54) is 16.8 Å². The Morgan fingerprint density at radius 3 is 2.51 bits per heavy atom. The number of fused-ring (bicyclic) bond motifs is 3. The van der Waals surface area contributed by atoms with Crippen LogP contribution in [0.3, 0.4) is 0 Å². The Labute approximate surface area is 206 Å². The first-order chi connectivity index (χ1) is 17.1. The molecule has 2 aromatic carbocycles. The normalized spacial score (nSPS) is 19.0. The predicted molar refractivity (Wildman–Crippen MR) is 142 cm³/mol. The number of carbonyl (C=O) groups excluding carboxylic acids is 1. The van der Waals surface area contributed by atoms with E-state index < -0.39 is 0 Å². The Kier molecular flexibility index (Phi) is 5.59. The number of amides is 1. The van der Waals surface area contributed by atoms with Gasteiger partial charge in [-0.25, -0.2) is 4.98 Å². The van der Waals surface area contributed by atoms with Gasteiger partial charge in [0.2, 0.25) is 5.91 Å². The van der Waals surface area contributed by atoms with Gasteiger partial charge >= 0.3 is 0 Å². The second-order valence-corrected chi connectivity index (χ2v) is 10.0. The van der Waals surface area contributed by atoms with Crippen molar-refractivity contribution < 1.29 is 4.79 Å². The van der Waals surface area contributed by atoms with Gasteiger partial charge in [0.05, 0.1) is 22.5 Å². The van der Waals surface area contributed by atoms with E-state index in [1.54, 1.807) is 0 Å². The van der Waals surface area contributed by atoms with Crippen LogP contribution >= 0.6 is 0 Å². The number of benzene rings is 2. The topological polar surface area (TPSA) is 44.1 Å². The fraction of sp³-hybridized carbons (Fsp3) is 0.379. The third-order valence-corrected chi connectivity index (χ3v) is 7.92. The molecule has 6 rings (SSSR count). The summed E-state index contributed by atoms with van der Waals surface area (Å²) in [6.45, 7) is 9.41. The van der Waals surface area contributed by atoms with Crippen LogP contribution in [0.2, 0.25) is 0 Å². The Morgan fingerprint density at radius 2 is 1.66 bits per heavy atom. The van der Waals surface area contributed by atoms with Crippen molar-refractivity contribution in [3.63, 3.8) is 0 Å². The summed E-state index contributed by atoms with van der Waals surface area (Å²) in [6, 6.07) is 19.0. The number of piperidine rings is 1. The lowest BCUT2D eigenvalue weighted by atomic mass is 9.96. The van der Waals surface area contributed by atoms with Crippen LogP contribution in [-0.2, 0) is 4.79 Å². The Bertz CT molecular complexity index is 1380. The van der Waals surface area contributed by atoms with Crippen molar-refractivity contribution in [3.05, 3.63) is 71.9 Å². The third kappa shape index (κ3) is 3.91. The molecule has 0 radical (unpaired) electrons. The second kappa shape index (κ2) is 8.91. The van der Waals surface area contributed by atoms with Gasteiger partial charge in [0.1, 0.15) is 0 Å². The van der Waals surface area contributed by atoms with Crippen molar-refractivity contribution in [3.8, 4) is 0 Å². The molecule has 0 spiro atoms. The molecule has 2 aromatic heterocycles. The minimum Gasteiger partial charge on any atom is -0.368 e. The summed E-state index contributed by atoms with van der Waals surface area (Å²) in [7, 11) is 0. The maximum absolute atomic E-state index is 13.6. The van der Waals surface area contributed by atoms with E-state index in [0.29, 0.717) is 5.91 Å². The van der Waals surface area contributed by atoms with Crippen LogP contribution in [0.25, 0.3) is 16.6 Å². The van der Waals surface area contributed by atoms with Gasteiger partial charge < -0.3 is 19.1 Å². The molecule has 6 heteroatoms. The standard InChI is InChI=1S/C29H33N5O/c1-21-8-5-12-25(22(21)2)31-16-18-32(19-17-31)29(35)23-9-6-14-33(20-23)28-27-13-7-15-34(27)26-11-4-3-10-24(26)30-28/h3-5,7-8,10-13,15,23H,6,9,14,16-20H2,1-2H3.